The summed E-state index contributed by atoms with van der Waals surface area (Å²) in [7, 11) is 0. The zero-order chi connectivity index (χ0) is 13.8. The van der Waals surface area contributed by atoms with Crippen molar-refractivity contribution in [3.8, 4) is 0 Å². The van der Waals surface area contributed by atoms with Gasteiger partial charge in [0.15, 0.2) is 0 Å². The molecule has 4 heteroatoms. The van der Waals surface area contributed by atoms with Gasteiger partial charge in [0.2, 0.25) is 0 Å². The molecule has 1 aliphatic carbocycles. The van der Waals surface area contributed by atoms with Gasteiger partial charge >= 0.3 is 0 Å². The lowest BCUT2D eigenvalue weighted by Crippen LogP contribution is -2.34. The first-order valence-corrected chi connectivity index (χ1v) is 7.57. The van der Waals surface area contributed by atoms with Gasteiger partial charge < -0.3 is 9.88 Å². The molecule has 2 aliphatic rings. The van der Waals surface area contributed by atoms with Gasteiger partial charge in [-0.1, -0.05) is 41.0 Å². The van der Waals surface area contributed by atoms with E-state index in [2.05, 4.69) is 54.7 Å². The average Bonchev–Trinajstić information content (AvgIpc) is 2.66. The SMILES string of the molecule is CCCC1NCCn2c1nnc2C1C(C)(C)C1(C)C. The highest BCUT2D eigenvalue weighted by atomic mass is 15.3. The fraction of sp³-hybridized carbons (Fsp3) is 0.867. The van der Waals surface area contributed by atoms with Crippen LogP contribution in [0.2, 0.25) is 0 Å². The van der Waals surface area contributed by atoms with Crippen molar-refractivity contribution < 1.29 is 0 Å². The summed E-state index contributed by atoms with van der Waals surface area (Å²) in [6.07, 6.45) is 2.33. The van der Waals surface area contributed by atoms with Crippen molar-refractivity contribution in [2.45, 2.75) is 66.0 Å². The second-order valence-electron chi connectivity index (χ2n) is 7.24. The van der Waals surface area contributed by atoms with Crippen LogP contribution in [0.5, 0.6) is 0 Å². The van der Waals surface area contributed by atoms with Crippen LogP contribution in [-0.2, 0) is 6.54 Å². The molecule has 1 aromatic rings. The van der Waals surface area contributed by atoms with Gasteiger partial charge in [-0.25, -0.2) is 0 Å². The topological polar surface area (TPSA) is 42.7 Å². The van der Waals surface area contributed by atoms with Crippen LogP contribution in [0, 0.1) is 10.8 Å². The van der Waals surface area contributed by atoms with E-state index in [1.165, 1.54) is 12.2 Å². The van der Waals surface area contributed by atoms with Gasteiger partial charge in [-0.3, -0.25) is 0 Å². The molecular weight excluding hydrogens is 236 g/mol. The first kappa shape index (κ1) is 13.1. The summed E-state index contributed by atoms with van der Waals surface area (Å²) in [6, 6.07) is 0.393. The predicted octanol–water partition coefficient (Wildman–Crippen LogP) is 2.87. The maximum atomic E-state index is 4.56. The van der Waals surface area contributed by atoms with Crippen LogP contribution >= 0.6 is 0 Å². The highest BCUT2D eigenvalue weighted by molar-refractivity contribution is 5.28. The lowest BCUT2D eigenvalue weighted by molar-refractivity contribution is 0.385. The highest BCUT2D eigenvalue weighted by Crippen LogP contribution is 2.73. The average molecular weight is 262 g/mol. The van der Waals surface area contributed by atoms with Crippen molar-refractivity contribution >= 4 is 0 Å². The monoisotopic (exact) mass is 262 g/mol. The normalized spacial score (nSPS) is 28.2. The van der Waals surface area contributed by atoms with Gasteiger partial charge in [-0.15, -0.1) is 10.2 Å². The Hall–Kier alpha value is -0.900. The van der Waals surface area contributed by atoms with Crippen molar-refractivity contribution in [3.63, 3.8) is 0 Å². The third kappa shape index (κ3) is 1.69. The Bertz CT molecular complexity index is 472. The molecule has 0 radical (unpaired) electrons. The molecule has 1 aromatic heterocycles. The van der Waals surface area contributed by atoms with Gasteiger partial charge in [-0.05, 0) is 17.3 Å². The second-order valence-corrected chi connectivity index (χ2v) is 7.24. The molecule has 0 amide bonds. The lowest BCUT2D eigenvalue weighted by Gasteiger charge is -2.25. The molecule has 0 aromatic carbocycles. The Morgan fingerprint density at radius 1 is 1.16 bits per heavy atom. The van der Waals surface area contributed by atoms with Crippen LogP contribution < -0.4 is 5.32 Å². The van der Waals surface area contributed by atoms with Gasteiger partial charge in [-0.2, -0.15) is 0 Å². The largest absolute Gasteiger partial charge is 0.312 e. The van der Waals surface area contributed by atoms with E-state index in [-0.39, 0.29) is 0 Å². The van der Waals surface area contributed by atoms with E-state index in [0.717, 1.165) is 25.3 Å². The molecule has 1 aliphatic heterocycles. The molecule has 106 valence electrons. The van der Waals surface area contributed by atoms with Crippen LogP contribution in [0.1, 0.15) is 71.1 Å². The van der Waals surface area contributed by atoms with Crippen LogP contribution in [0.15, 0.2) is 0 Å². The molecule has 1 atom stereocenters. The molecule has 1 fully saturated rings. The van der Waals surface area contributed by atoms with Gasteiger partial charge in [0.1, 0.15) is 11.6 Å². The van der Waals surface area contributed by atoms with Crippen molar-refractivity contribution in [2.24, 2.45) is 10.8 Å². The Morgan fingerprint density at radius 2 is 1.79 bits per heavy atom. The van der Waals surface area contributed by atoms with Crippen LogP contribution in [-0.4, -0.2) is 21.3 Å². The van der Waals surface area contributed by atoms with E-state index >= 15 is 0 Å². The number of fused-ring (bicyclic) bond motifs is 1. The Morgan fingerprint density at radius 3 is 2.37 bits per heavy atom. The van der Waals surface area contributed by atoms with Crippen LogP contribution in [0.4, 0.5) is 0 Å². The molecule has 1 N–H and O–H groups in total. The molecule has 19 heavy (non-hydrogen) atoms. The number of hydrogen-bond donors (Lipinski definition) is 1. The maximum Gasteiger partial charge on any atom is 0.150 e. The highest BCUT2D eigenvalue weighted by Gasteiger charge is 2.67. The first-order chi connectivity index (χ1) is 8.91. The number of aromatic nitrogens is 3. The van der Waals surface area contributed by atoms with Crippen LogP contribution in [0.3, 0.4) is 0 Å². The summed E-state index contributed by atoms with van der Waals surface area (Å²) in [5, 5.41) is 12.6. The first-order valence-electron chi connectivity index (χ1n) is 7.57. The van der Waals surface area contributed by atoms with E-state index < -0.39 is 0 Å². The minimum Gasteiger partial charge on any atom is -0.312 e. The number of rotatable bonds is 3. The van der Waals surface area contributed by atoms with E-state index in [4.69, 9.17) is 0 Å². The number of nitrogens with zero attached hydrogens (tertiary/aromatic N) is 3. The van der Waals surface area contributed by atoms with E-state index in [1.807, 2.05) is 0 Å². The summed E-state index contributed by atoms with van der Waals surface area (Å²) >= 11 is 0. The zero-order valence-corrected chi connectivity index (χ0v) is 12.8. The Balaban J connectivity index is 1.95. The summed E-state index contributed by atoms with van der Waals surface area (Å²) in [6.45, 7) is 13.7. The van der Waals surface area contributed by atoms with Crippen molar-refractivity contribution in [2.75, 3.05) is 6.54 Å². The number of nitrogens with one attached hydrogen (secondary N) is 1. The molecular formula is C15H26N4. The van der Waals surface area contributed by atoms with Gasteiger partial charge in [0.25, 0.3) is 0 Å². The summed E-state index contributed by atoms with van der Waals surface area (Å²) < 4.78 is 2.39. The standard InChI is InChI=1S/C15H26N4/c1-6-7-10-12-17-18-13(19(12)9-8-16-10)11-14(2,3)15(11,4)5/h10-11,16H,6-9H2,1-5H3. The van der Waals surface area contributed by atoms with E-state index in [1.54, 1.807) is 0 Å². The quantitative estimate of drug-likeness (QED) is 0.911. The Labute approximate surface area is 116 Å². The molecule has 1 unspecified atom stereocenters. The van der Waals surface area contributed by atoms with Crippen molar-refractivity contribution in [1.29, 1.82) is 0 Å². The predicted molar refractivity (Wildman–Crippen MR) is 76.0 cm³/mol. The smallest absolute Gasteiger partial charge is 0.150 e. The molecule has 0 saturated heterocycles. The fourth-order valence-electron chi connectivity index (χ4n) is 3.83. The molecule has 1 saturated carbocycles. The molecule has 2 heterocycles. The Kier molecular flexibility index (Phi) is 2.79. The zero-order valence-electron chi connectivity index (χ0n) is 12.8. The van der Waals surface area contributed by atoms with Gasteiger partial charge in [0, 0.05) is 19.0 Å². The van der Waals surface area contributed by atoms with Crippen LogP contribution in [0.25, 0.3) is 0 Å². The van der Waals surface area contributed by atoms with E-state index in [0.29, 0.717) is 22.8 Å². The number of hydrogen-bond acceptors (Lipinski definition) is 3. The minimum atomic E-state index is 0.335. The minimum absolute atomic E-state index is 0.335. The molecule has 4 nitrogen and oxygen atoms in total. The third-order valence-corrected chi connectivity index (χ3v) is 5.70. The maximum absolute atomic E-state index is 4.56. The molecule has 3 rings (SSSR count). The molecule has 0 bridgehead atoms. The molecule has 0 spiro atoms. The summed E-state index contributed by atoms with van der Waals surface area (Å²) in [5.41, 5.74) is 0.671. The van der Waals surface area contributed by atoms with Gasteiger partial charge in [0.05, 0.1) is 6.04 Å². The lowest BCUT2D eigenvalue weighted by atomic mass is 10.0. The van der Waals surface area contributed by atoms with Crippen molar-refractivity contribution in [1.82, 2.24) is 20.1 Å². The third-order valence-electron chi connectivity index (χ3n) is 5.70. The fourth-order valence-corrected chi connectivity index (χ4v) is 3.83. The van der Waals surface area contributed by atoms with E-state index in [9.17, 15) is 0 Å². The summed E-state index contributed by atoms with van der Waals surface area (Å²) in [5.74, 6) is 2.91. The van der Waals surface area contributed by atoms with Crippen molar-refractivity contribution in [3.05, 3.63) is 11.6 Å². The summed E-state index contributed by atoms with van der Waals surface area (Å²) in [4.78, 5) is 0. The second kappa shape index (κ2) is 4.05.